The van der Waals surface area contributed by atoms with Crippen molar-refractivity contribution in [1.82, 2.24) is 15.1 Å². The summed E-state index contributed by atoms with van der Waals surface area (Å²) in [4.78, 5) is 22.7. The second-order valence-electron chi connectivity index (χ2n) is 4.98. The molecule has 0 aliphatic heterocycles. The second kappa shape index (κ2) is 7.57. The maximum absolute atomic E-state index is 12.0. The summed E-state index contributed by atoms with van der Waals surface area (Å²) in [5.41, 5.74) is 0.634. The van der Waals surface area contributed by atoms with Crippen molar-refractivity contribution in [2.24, 2.45) is 0 Å². The number of hydrogen-bond donors (Lipinski definition) is 4. The largest absolute Gasteiger partial charge is 0.477 e. The molecule has 0 fully saturated rings. The minimum absolute atomic E-state index is 0.0640. The third-order valence-corrected chi connectivity index (χ3v) is 3.16. The van der Waals surface area contributed by atoms with E-state index in [4.69, 9.17) is 5.11 Å². The molecule has 23 heavy (non-hydrogen) atoms. The lowest BCUT2D eigenvalue weighted by Crippen LogP contribution is -2.49. The average Bonchev–Trinajstić information content (AvgIpc) is 2.96. The molecule has 1 aromatic carbocycles. The van der Waals surface area contributed by atoms with Gasteiger partial charge in [0, 0.05) is 6.20 Å². The number of hydrogen-bond acceptors (Lipinski definition) is 5. The number of nitrogens with one attached hydrogen (secondary N) is 1. The molecule has 0 saturated heterocycles. The zero-order valence-corrected chi connectivity index (χ0v) is 12.2. The van der Waals surface area contributed by atoms with E-state index in [1.807, 2.05) is 6.07 Å². The smallest absolute Gasteiger partial charge is 0.476 e. The number of nitrogens with zero attached hydrogens (tertiary/aromatic N) is 2. The molecule has 2 aromatic rings. The van der Waals surface area contributed by atoms with Gasteiger partial charge in [-0.1, -0.05) is 30.3 Å². The third kappa shape index (κ3) is 4.94. The van der Waals surface area contributed by atoms with Crippen LogP contribution in [0.15, 0.2) is 42.6 Å². The van der Waals surface area contributed by atoms with Gasteiger partial charge in [0.1, 0.15) is 0 Å². The predicted octanol–water partition coefficient (Wildman–Crippen LogP) is -0.679. The van der Waals surface area contributed by atoms with Crippen LogP contribution in [0.1, 0.15) is 16.1 Å². The summed E-state index contributed by atoms with van der Waals surface area (Å²) in [6, 6.07) is 10.3. The summed E-state index contributed by atoms with van der Waals surface area (Å²) in [6.45, 7) is -0.0640. The van der Waals surface area contributed by atoms with Crippen LogP contribution in [0.4, 0.5) is 0 Å². The van der Waals surface area contributed by atoms with Gasteiger partial charge in [-0.25, -0.2) is 4.79 Å². The van der Waals surface area contributed by atoms with Crippen LogP contribution in [-0.4, -0.2) is 49.9 Å². The highest BCUT2D eigenvalue weighted by atomic mass is 16.4. The van der Waals surface area contributed by atoms with E-state index < -0.39 is 19.0 Å². The molecular formula is C14H16BN3O5. The van der Waals surface area contributed by atoms with Gasteiger partial charge in [0.05, 0.1) is 18.9 Å². The molecule has 1 atom stereocenters. The third-order valence-electron chi connectivity index (χ3n) is 3.16. The Hall–Kier alpha value is -2.65. The maximum atomic E-state index is 12.0. The molecule has 0 aliphatic carbocycles. The number of aromatic nitrogens is 2. The number of aromatic carboxylic acids is 1. The Balaban J connectivity index is 1.97. The molecule has 8 nitrogen and oxygen atoms in total. The maximum Gasteiger partial charge on any atom is 0.477 e. The molecule has 120 valence electrons. The fourth-order valence-corrected chi connectivity index (χ4v) is 2.03. The summed E-state index contributed by atoms with van der Waals surface area (Å²) >= 11 is 0. The van der Waals surface area contributed by atoms with Crippen molar-refractivity contribution in [2.75, 3.05) is 0 Å². The van der Waals surface area contributed by atoms with E-state index in [-0.39, 0.29) is 24.6 Å². The summed E-state index contributed by atoms with van der Waals surface area (Å²) in [5, 5.41) is 33.9. The lowest BCUT2D eigenvalue weighted by molar-refractivity contribution is -0.120. The monoisotopic (exact) mass is 317 g/mol. The van der Waals surface area contributed by atoms with Gasteiger partial charge in [0.15, 0.2) is 5.69 Å². The van der Waals surface area contributed by atoms with Crippen LogP contribution in [-0.2, 0) is 17.8 Å². The number of carbonyl (C=O) groups excluding carboxylic acids is 1. The molecule has 0 bridgehead atoms. The highest BCUT2D eigenvalue weighted by Gasteiger charge is 2.26. The van der Waals surface area contributed by atoms with Gasteiger partial charge >= 0.3 is 13.1 Å². The molecule has 1 heterocycles. The topological polar surface area (TPSA) is 125 Å². The summed E-state index contributed by atoms with van der Waals surface area (Å²) in [6.07, 6.45) is 1.49. The van der Waals surface area contributed by atoms with Crippen LogP contribution in [0, 0.1) is 0 Å². The molecule has 0 aliphatic rings. The lowest BCUT2D eigenvalue weighted by Gasteiger charge is -2.17. The highest BCUT2D eigenvalue weighted by molar-refractivity contribution is 6.43. The number of benzene rings is 1. The molecule has 0 radical (unpaired) electrons. The fraction of sp³-hybridized carbons (Fsp3) is 0.214. The first-order valence-electron chi connectivity index (χ1n) is 6.92. The van der Waals surface area contributed by atoms with Crippen LogP contribution in [0.3, 0.4) is 0 Å². The van der Waals surface area contributed by atoms with Gasteiger partial charge in [-0.2, -0.15) is 5.10 Å². The van der Waals surface area contributed by atoms with Crippen LogP contribution < -0.4 is 5.32 Å². The van der Waals surface area contributed by atoms with Crippen LogP contribution in [0.25, 0.3) is 0 Å². The van der Waals surface area contributed by atoms with E-state index in [9.17, 15) is 19.6 Å². The van der Waals surface area contributed by atoms with E-state index >= 15 is 0 Å². The Kier molecular flexibility index (Phi) is 5.50. The van der Waals surface area contributed by atoms with Gasteiger partial charge < -0.3 is 20.5 Å². The molecule has 1 aromatic heterocycles. The van der Waals surface area contributed by atoms with E-state index in [1.165, 1.54) is 16.9 Å². The first kappa shape index (κ1) is 16.7. The molecular weight excluding hydrogens is 301 g/mol. The molecule has 4 N–H and O–H groups in total. The molecule has 2 rings (SSSR count). The highest BCUT2D eigenvalue weighted by Crippen LogP contribution is 2.02. The molecule has 1 amide bonds. The van der Waals surface area contributed by atoms with Gasteiger partial charge in [0.2, 0.25) is 5.91 Å². The first-order valence-corrected chi connectivity index (χ1v) is 6.92. The van der Waals surface area contributed by atoms with Gasteiger partial charge in [-0.3, -0.25) is 9.48 Å². The Labute approximate surface area is 132 Å². The van der Waals surface area contributed by atoms with Gasteiger partial charge in [-0.05, 0) is 11.6 Å². The summed E-state index contributed by atoms with van der Waals surface area (Å²) < 4.78 is 1.23. The SMILES string of the molecule is O=C(Cc1ccccc1)N[C@H](Cn1ccc(C(=O)O)n1)B(O)O. The Morgan fingerprint density at radius 1 is 1.22 bits per heavy atom. The van der Waals surface area contributed by atoms with Gasteiger partial charge in [0.25, 0.3) is 0 Å². The number of carbonyl (C=O) groups is 2. The second-order valence-corrected chi connectivity index (χ2v) is 4.98. The van der Waals surface area contributed by atoms with Gasteiger partial charge in [-0.15, -0.1) is 0 Å². The first-order chi connectivity index (χ1) is 11.0. The van der Waals surface area contributed by atoms with E-state index in [1.54, 1.807) is 24.3 Å². The average molecular weight is 317 g/mol. The molecule has 0 unspecified atom stereocenters. The minimum Gasteiger partial charge on any atom is -0.476 e. The fourth-order valence-electron chi connectivity index (χ4n) is 2.03. The van der Waals surface area contributed by atoms with E-state index in [0.717, 1.165) is 5.56 Å². The van der Waals surface area contributed by atoms with Crippen molar-refractivity contribution >= 4 is 19.0 Å². The predicted molar refractivity (Wildman–Crippen MR) is 81.5 cm³/mol. The molecule has 9 heteroatoms. The Morgan fingerprint density at radius 2 is 1.91 bits per heavy atom. The van der Waals surface area contributed by atoms with Crippen LogP contribution in [0.5, 0.6) is 0 Å². The number of amides is 1. The normalized spacial score (nSPS) is 11.7. The van der Waals surface area contributed by atoms with E-state index in [0.29, 0.717) is 0 Å². The van der Waals surface area contributed by atoms with Crippen LogP contribution in [0.2, 0.25) is 0 Å². The summed E-state index contributed by atoms with van der Waals surface area (Å²) in [5.74, 6) is -2.56. The van der Waals surface area contributed by atoms with Crippen molar-refractivity contribution in [3.63, 3.8) is 0 Å². The number of rotatable bonds is 7. The lowest BCUT2D eigenvalue weighted by atomic mass is 9.79. The number of carboxylic acids is 1. The summed E-state index contributed by atoms with van der Waals surface area (Å²) in [7, 11) is -1.80. The molecule has 0 saturated carbocycles. The standard InChI is InChI=1S/C14H16BN3O5/c19-13(8-10-4-2-1-3-5-10)16-12(15(22)23)9-18-7-6-11(17-18)14(20)21/h1-7,12,22-23H,8-9H2,(H,16,19)(H,20,21)/t12-/m1/s1. The zero-order chi connectivity index (χ0) is 16.8. The zero-order valence-electron chi connectivity index (χ0n) is 12.2. The van der Waals surface area contributed by atoms with E-state index in [2.05, 4.69) is 10.4 Å². The Bertz CT molecular complexity index is 674. The molecule has 0 spiro atoms. The quantitative estimate of drug-likeness (QED) is 0.502. The Morgan fingerprint density at radius 3 is 2.48 bits per heavy atom. The van der Waals surface area contributed by atoms with Crippen molar-refractivity contribution in [3.8, 4) is 0 Å². The van der Waals surface area contributed by atoms with Crippen LogP contribution >= 0.6 is 0 Å². The van der Waals surface area contributed by atoms with Crippen molar-refractivity contribution in [2.45, 2.75) is 18.9 Å². The van der Waals surface area contributed by atoms with Crippen molar-refractivity contribution in [3.05, 3.63) is 53.9 Å². The number of carboxylic acid groups (broad SMARTS) is 1. The van der Waals surface area contributed by atoms with Crippen molar-refractivity contribution < 1.29 is 24.7 Å². The van der Waals surface area contributed by atoms with Crippen molar-refractivity contribution in [1.29, 1.82) is 0 Å². The minimum atomic E-state index is -1.80.